The summed E-state index contributed by atoms with van der Waals surface area (Å²) in [6.45, 7) is -0.0752. The Bertz CT molecular complexity index is 640. The van der Waals surface area contributed by atoms with Crippen LogP contribution in [0.15, 0.2) is 24.3 Å². The lowest BCUT2D eigenvalue weighted by molar-refractivity contribution is -0.127. The van der Waals surface area contributed by atoms with E-state index < -0.39 is 0 Å². The number of anilines is 2. The molecule has 0 atom stereocenters. The fourth-order valence-electron chi connectivity index (χ4n) is 3.22. The van der Waals surface area contributed by atoms with Crippen molar-refractivity contribution in [2.45, 2.75) is 32.1 Å². The number of hydrogen-bond donors (Lipinski definition) is 3. The van der Waals surface area contributed by atoms with Gasteiger partial charge >= 0.3 is 0 Å². The third-order valence-corrected chi connectivity index (χ3v) is 4.50. The predicted octanol–water partition coefficient (Wildman–Crippen LogP) is 1.17. The predicted molar refractivity (Wildman–Crippen MR) is 90.1 cm³/mol. The summed E-state index contributed by atoms with van der Waals surface area (Å²) in [5, 5.41) is 2.74. The lowest BCUT2D eigenvalue weighted by atomic mass is 9.89. The Morgan fingerprint density at radius 1 is 1.17 bits per heavy atom. The minimum Gasteiger partial charge on any atom is -0.323 e. The quantitative estimate of drug-likeness (QED) is 0.723. The van der Waals surface area contributed by atoms with Crippen LogP contribution in [-0.4, -0.2) is 30.8 Å². The van der Waals surface area contributed by atoms with Crippen molar-refractivity contribution in [3.63, 3.8) is 0 Å². The highest BCUT2D eigenvalue weighted by Crippen LogP contribution is 2.28. The molecule has 0 unspecified atom stereocenters. The van der Waals surface area contributed by atoms with Crippen LogP contribution in [0.25, 0.3) is 0 Å². The molecule has 0 radical (unpaired) electrons. The lowest BCUT2D eigenvalue weighted by Gasteiger charge is -2.29. The number of carbonyl (C=O) groups is 3. The monoisotopic (exact) mass is 330 g/mol. The standard InChI is InChI=1S/C17H22N4O3/c22-15-11-21(14-9-5-4-8-13(14)19-15)16(23)10-18-20-17(24)12-6-2-1-3-7-12/h4-5,8-9,12,18H,1-3,6-7,10-11H2,(H,19,22)(H,20,24). The fraction of sp³-hybridized carbons (Fsp3) is 0.471. The molecule has 1 aromatic rings. The number of amides is 3. The maximum absolute atomic E-state index is 12.4. The van der Waals surface area contributed by atoms with Crippen LogP contribution in [0.3, 0.4) is 0 Å². The molecule has 7 nitrogen and oxygen atoms in total. The average Bonchev–Trinajstić information content (AvgIpc) is 2.61. The van der Waals surface area contributed by atoms with Crippen LogP contribution < -0.4 is 21.1 Å². The largest absolute Gasteiger partial charge is 0.323 e. The Labute approximate surface area is 140 Å². The van der Waals surface area contributed by atoms with E-state index in [4.69, 9.17) is 0 Å². The third kappa shape index (κ3) is 3.73. The maximum Gasteiger partial charge on any atom is 0.244 e. The molecular weight excluding hydrogens is 308 g/mol. The second-order valence-corrected chi connectivity index (χ2v) is 6.22. The molecule has 24 heavy (non-hydrogen) atoms. The number of rotatable bonds is 4. The van der Waals surface area contributed by atoms with Gasteiger partial charge in [0.2, 0.25) is 17.7 Å². The van der Waals surface area contributed by atoms with Crippen molar-refractivity contribution in [1.82, 2.24) is 10.9 Å². The molecule has 1 aromatic carbocycles. The molecular formula is C17H22N4O3. The van der Waals surface area contributed by atoms with Crippen LogP contribution >= 0.6 is 0 Å². The third-order valence-electron chi connectivity index (χ3n) is 4.50. The zero-order valence-corrected chi connectivity index (χ0v) is 13.5. The van der Waals surface area contributed by atoms with E-state index in [-0.39, 0.29) is 36.7 Å². The van der Waals surface area contributed by atoms with Crippen molar-refractivity contribution in [2.24, 2.45) is 5.92 Å². The van der Waals surface area contributed by atoms with Crippen LogP contribution in [0.1, 0.15) is 32.1 Å². The Morgan fingerprint density at radius 3 is 2.71 bits per heavy atom. The summed E-state index contributed by atoms with van der Waals surface area (Å²) in [6.07, 6.45) is 5.15. The first kappa shape index (κ1) is 16.4. The molecule has 1 saturated carbocycles. The minimum absolute atomic E-state index is 0.0197. The zero-order chi connectivity index (χ0) is 16.9. The SMILES string of the molecule is O=C1CN(C(=O)CNNC(=O)C2CCCCC2)c2ccccc2N1. The van der Waals surface area contributed by atoms with Crippen LogP contribution in [0.5, 0.6) is 0 Å². The van der Waals surface area contributed by atoms with Crippen molar-refractivity contribution in [3.8, 4) is 0 Å². The van der Waals surface area contributed by atoms with E-state index in [9.17, 15) is 14.4 Å². The first-order valence-corrected chi connectivity index (χ1v) is 8.37. The van der Waals surface area contributed by atoms with Gasteiger partial charge in [0.05, 0.1) is 17.9 Å². The number of benzene rings is 1. The molecule has 7 heteroatoms. The number of fused-ring (bicyclic) bond motifs is 1. The number of carbonyl (C=O) groups excluding carboxylic acids is 3. The van der Waals surface area contributed by atoms with Gasteiger partial charge in [-0.1, -0.05) is 31.4 Å². The molecule has 3 N–H and O–H groups in total. The Morgan fingerprint density at radius 2 is 1.92 bits per heavy atom. The smallest absolute Gasteiger partial charge is 0.244 e. The number of hydrazine groups is 1. The molecule has 128 valence electrons. The fourth-order valence-corrected chi connectivity index (χ4v) is 3.22. The average molecular weight is 330 g/mol. The highest BCUT2D eigenvalue weighted by atomic mass is 16.2. The van der Waals surface area contributed by atoms with Crippen LogP contribution in [-0.2, 0) is 14.4 Å². The van der Waals surface area contributed by atoms with Crippen LogP contribution in [0.4, 0.5) is 11.4 Å². The van der Waals surface area contributed by atoms with E-state index in [0.29, 0.717) is 11.4 Å². The second kappa shape index (κ2) is 7.44. The molecule has 1 aliphatic heterocycles. The first-order chi connectivity index (χ1) is 11.6. The first-order valence-electron chi connectivity index (χ1n) is 8.37. The molecule has 0 spiro atoms. The lowest BCUT2D eigenvalue weighted by Crippen LogP contribution is -2.50. The molecule has 1 heterocycles. The topological polar surface area (TPSA) is 90.5 Å². The van der Waals surface area contributed by atoms with Crippen LogP contribution in [0.2, 0.25) is 0 Å². The van der Waals surface area contributed by atoms with Crippen LogP contribution in [0, 0.1) is 5.92 Å². The summed E-state index contributed by atoms with van der Waals surface area (Å²) in [5.74, 6) is -0.517. The van der Waals surface area contributed by atoms with Crippen molar-refractivity contribution >= 4 is 29.1 Å². The van der Waals surface area contributed by atoms with E-state index >= 15 is 0 Å². The van der Waals surface area contributed by atoms with Gasteiger partial charge in [0, 0.05) is 5.92 Å². The molecule has 1 fully saturated rings. The summed E-state index contributed by atoms with van der Waals surface area (Å²) in [7, 11) is 0. The number of para-hydroxylation sites is 2. The molecule has 0 saturated heterocycles. The summed E-state index contributed by atoms with van der Waals surface area (Å²) >= 11 is 0. The Kier molecular flexibility index (Phi) is 5.10. The summed E-state index contributed by atoms with van der Waals surface area (Å²) in [5.41, 5.74) is 6.61. The molecule has 0 bridgehead atoms. The molecule has 3 rings (SSSR count). The van der Waals surface area contributed by atoms with Gasteiger partial charge < -0.3 is 5.32 Å². The van der Waals surface area contributed by atoms with Crippen molar-refractivity contribution in [3.05, 3.63) is 24.3 Å². The van der Waals surface area contributed by atoms with Crippen molar-refractivity contribution < 1.29 is 14.4 Å². The number of nitrogens with zero attached hydrogens (tertiary/aromatic N) is 1. The van der Waals surface area contributed by atoms with E-state index in [2.05, 4.69) is 16.2 Å². The van der Waals surface area contributed by atoms with Gasteiger partial charge in [0.15, 0.2) is 0 Å². The number of hydrogen-bond acceptors (Lipinski definition) is 4. The summed E-state index contributed by atoms with van der Waals surface area (Å²) < 4.78 is 0. The van der Waals surface area contributed by atoms with Gasteiger partial charge in [-0.15, -0.1) is 0 Å². The maximum atomic E-state index is 12.4. The van der Waals surface area contributed by atoms with Gasteiger partial charge in [0.1, 0.15) is 6.54 Å². The van der Waals surface area contributed by atoms with Gasteiger partial charge in [-0.05, 0) is 25.0 Å². The zero-order valence-electron chi connectivity index (χ0n) is 13.5. The molecule has 2 aliphatic rings. The van der Waals surface area contributed by atoms with Crippen molar-refractivity contribution in [1.29, 1.82) is 0 Å². The molecule has 0 aromatic heterocycles. The molecule has 3 amide bonds. The highest BCUT2D eigenvalue weighted by Gasteiger charge is 2.26. The van der Waals surface area contributed by atoms with E-state index in [0.717, 1.165) is 25.7 Å². The van der Waals surface area contributed by atoms with E-state index in [1.165, 1.54) is 11.3 Å². The second-order valence-electron chi connectivity index (χ2n) is 6.22. The normalized spacial score (nSPS) is 17.8. The van der Waals surface area contributed by atoms with Gasteiger partial charge in [-0.25, -0.2) is 5.43 Å². The van der Waals surface area contributed by atoms with Gasteiger partial charge in [-0.3, -0.25) is 24.7 Å². The van der Waals surface area contributed by atoms with Gasteiger partial charge in [0.25, 0.3) is 0 Å². The van der Waals surface area contributed by atoms with Crippen molar-refractivity contribution in [2.75, 3.05) is 23.3 Å². The number of nitrogens with one attached hydrogen (secondary N) is 3. The molecule has 1 aliphatic carbocycles. The van der Waals surface area contributed by atoms with Gasteiger partial charge in [-0.2, -0.15) is 0 Å². The minimum atomic E-state index is -0.263. The summed E-state index contributed by atoms with van der Waals surface area (Å²) in [6, 6.07) is 7.16. The highest BCUT2D eigenvalue weighted by molar-refractivity contribution is 6.10. The Hall–Kier alpha value is -2.41. The Balaban J connectivity index is 1.54. The van der Waals surface area contributed by atoms with E-state index in [1.807, 2.05) is 6.07 Å². The summed E-state index contributed by atoms with van der Waals surface area (Å²) in [4.78, 5) is 37.6. The van der Waals surface area contributed by atoms with E-state index in [1.54, 1.807) is 18.2 Å².